The van der Waals surface area contributed by atoms with Crippen LogP contribution in [-0.4, -0.2) is 5.78 Å². The lowest BCUT2D eigenvalue weighted by molar-refractivity contribution is -0.127. The molecule has 0 saturated heterocycles. The van der Waals surface area contributed by atoms with E-state index in [4.69, 9.17) is 0 Å². The lowest BCUT2D eigenvalue weighted by atomic mass is 9.77. The summed E-state index contributed by atoms with van der Waals surface area (Å²) < 4.78 is 0. The van der Waals surface area contributed by atoms with Crippen molar-refractivity contribution in [3.05, 3.63) is 0 Å². The Morgan fingerprint density at radius 2 is 2.00 bits per heavy atom. The van der Waals surface area contributed by atoms with Crippen molar-refractivity contribution in [3.63, 3.8) is 0 Å². The Balaban J connectivity index is 2.51. The zero-order valence-corrected chi connectivity index (χ0v) is 7.76. The van der Waals surface area contributed by atoms with E-state index in [1.807, 2.05) is 0 Å². The summed E-state index contributed by atoms with van der Waals surface area (Å²) >= 11 is 0. The number of carbonyl (C=O) groups is 1. The molecule has 0 spiro atoms. The van der Waals surface area contributed by atoms with E-state index in [2.05, 4.69) is 20.8 Å². The van der Waals surface area contributed by atoms with Crippen LogP contribution in [0.2, 0.25) is 0 Å². The van der Waals surface area contributed by atoms with Crippen molar-refractivity contribution < 1.29 is 4.79 Å². The van der Waals surface area contributed by atoms with Crippen molar-refractivity contribution in [2.45, 2.75) is 40.0 Å². The monoisotopic (exact) mass is 154 g/mol. The third kappa shape index (κ3) is 2.05. The van der Waals surface area contributed by atoms with Gasteiger partial charge < -0.3 is 0 Å². The van der Waals surface area contributed by atoms with E-state index in [9.17, 15) is 4.79 Å². The maximum atomic E-state index is 11.4. The molecule has 1 aliphatic rings. The van der Waals surface area contributed by atoms with Gasteiger partial charge in [-0.25, -0.2) is 0 Å². The fourth-order valence-corrected chi connectivity index (χ4v) is 1.93. The molecule has 0 aliphatic heterocycles. The second-order valence-electron chi connectivity index (χ2n) is 4.20. The molecule has 11 heavy (non-hydrogen) atoms. The van der Waals surface area contributed by atoms with Gasteiger partial charge in [-0.2, -0.15) is 0 Å². The van der Waals surface area contributed by atoms with E-state index < -0.39 is 0 Å². The molecule has 1 rings (SSSR count). The molecule has 0 aromatic carbocycles. The number of Topliss-reactive ketones (excluding diaryl/α,β-unsaturated/α-hetero) is 1. The highest BCUT2D eigenvalue weighted by molar-refractivity contribution is 5.82. The van der Waals surface area contributed by atoms with Crippen LogP contribution in [0.15, 0.2) is 0 Å². The van der Waals surface area contributed by atoms with E-state index in [0.29, 0.717) is 23.5 Å². The van der Waals surface area contributed by atoms with E-state index in [0.717, 1.165) is 12.8 Å². The van der Waals surface area contributed by atoms with Crippen molar-refractivity contribution in [1.29, 1.82) is 0 Å². The van der Waals surface area contributed by atoms with Gasteiger partial charge in [0.1, 0.15) is 5.78 Å². The Labute approximate surface area is 69.2 Å². The topological polar surface area (TPSA) is 17.1 Å². The van der Waals surface area contributed by atoms with Gasteiger partial charge in [0.05, 0.1) is 0 Å². The maximum absolute atomic E-state index is 11.4. The molecule has 0 aromatic heterocycles. The molecule has 0 aromatic rings. The minimum Gasteiger partial charge on any atom is -0.299 e. The quantitative estimate of drug-likeness (QED) is 0.567. The van der Waals surface area contributed by atoms with Crippen molar-refractivity contribution in [2.75, 3.05) is 0 Å². The van der Waals surface area contributed by atoms with E-state index in [1.165, 1.54) is 6.42 Å². The number of ketones is 1. The Kier molecular flexibility index (Phi) is 2.69. The molecule has 1 unspecified atom stereocenters. The van der Waals surface area contributed by atoms with E-state index in [-0.39, 0.29) is 0 Å². The molecule has 0 N–H and O–H groups in total. The number of hydrogen-bond acceptors (Lipinski definition) is 1. The Morgan fingerprint density at radius 1 is 1.36 bits per heavy atom. The molecule has 64 valence electrons. The first-order chi connectivity index (χ1) is 5.11. The van der Waals surface area contributed by atoms with Crippen molar-refractivity contribution in [2.24, 2.45) is 17.8 Å². The van der Waals surface area contributed by atoms with Crippen LogP contribution in [0.1, 0.15) is 40.0 Å². The van der Waals surface area contributed by atoms with Gasteiger partial charge in [0.15, 0.2) is 0 Å². The molecule has 0 radical (unpaired) electrons. The summed E-state index contributed by atoms with van der Waals surface area (Å²) in [5.41, 5.74) is 0. The third-order valence-corrected chi connectivity index (χ3v) is 2.74. The highest BCUT2D eigenvalue weighted by atomic mass is 16.1. The van der Waals surface area contributed by atoms with Gasteiger partial charge in [-0.15, -0.1) is 0 Å². The average Bonchev–Trinajstić information content (AvgIpc) is 1.85. The van der Waals surface area contributed by atoms with Crippen LogP contribution in [0, 0.1) is 17.8 Å². The fourth-order valence-electron chi connectivity index (χ4n) is 1.93. The summed E-state index contributed by atoms with van der Waals surface area (Å²) in [5, 5.41) is 0. The molecule has 1 fully saturated rings. The predicted octanol–water partition coefficient (Wildman–Crippen LogP) is 2.65. The van der Waals surface area contributed by atoms with Crippen LogP contribution >= 0.6 is 0 Å². The van der Waals surface area contributed by atoms with Crippen LogP contribution in [0.25, 0.3) is 0 Å². The smallest absolute Gasteiger partial charge is 0.136 e. The molecule has 2 atom stereocenters. The Bertz CT molecular complexity index is 149. The first-order valence-corrected chi connectivity index (χ1v) is 4.64. The van der Waals surface area contributed by atoms with Crippen molar-refractivity contribution in [1.82, 2.24) is 0 Å². The summed E-state index contributed by atoms with van der Waals surface area (Å²) in [6, 6.07) is 0. The summed E-state index contributed by atoms with van der Waals surface area (Å²) in [6.45, 7) is 6.48. The maximum Gasteiger partial charge on any atom is 0.136 e. The summed E-state index contributed by atoms with van der Waals surface area (Å²) in [5.74, 6) is 2.05. The van der Waals surface area contributed by atoms with Gasteiger partial charge in [-0.3, -0.25) is 4.79 Å². The minimum absolute atomic E-state index is 0.367. The van der Waals surface area contributed by atoms with Crippen LogP contribution in [0.5, 0.6) is 0 Å². The highest BCUT2D eigenvalue weighted by Gasteiger charge is 2.27. The molecule has 1 aliphatic carbocycles. The zero-order chi connectivity index (χ0) is 8.43. The molecule has 0 amide bonds. The minimum atomic E-state index is 0.367. The fraction of sp³-hybridized carbons (Fsp3) is 0.900. The van der Waals surface area contributed by atoms with Crippen LogP contribution in [-0.2, 0) is 4.79 Å². The van der Waals surface area contributed by atoms with Gasteiger partial charge >= 0.3 is 0 Å². The molecular formula is C10H18O. The van der Waals surface area contributed by atoms with Crippen molar-refractivity contribution in [3.8, 4) is 0 Å². The van der Waals surface area contributed by atoms with Crippen LogP contribution in [0.3, 0.4) is 0 Å². The van der Waals surface area contributed by atoms with E-state index in [1.54, 1.807) is 0 Å². The van der Waals surface area contributed by atoms with Gasteiger partial charge in [0.25, 0.3) is 0 Å². The molecule has 0 bridgehead atoms. The largest absolute Gasteiger partial charge is 0.299 e. The lowest BCUT2D eigenvalue weighted by Crippen LogP contribution is -2.27. The van der Waals surface area contributed by atoms with Crippen LogP contribution < -0.4 is 0 Å². The molecule has 1 nitrogen and oxygen atoms in total. The first-order valence-electron chi connectivity index (χ1n) is 4.64. The van der Waals surface area contributed by atoms with Gasteiger partial charge in [-0.05, 0) is 24.7 Å². The van der Waals surface area contributed by atoms with E-state index >= 15 is 0 Å². The lowest BCUT2D eigenvalue weighted by Gasteiger charge is -2.27. The number of hydrogen-bond donors (Lipinski definition) is 0. The standard InChI is InChI=1S/C10H18O/c1-7(2)9-5-4-8(3)6-10(9)11/h7-9H,4-6H2,1-3H3/t8?,9-/m0/s1. The van der Waals surface area contributed by atoms with Gasteiger partial charge in [-0.1, -0.05) is 20.8 Å². The second kappa shape index (κ2) is 3.38. The third-order valence-electron chi connectivity index (χ3n) is 2.74. The molecule has 1 heteroatoms. The normalized spacial score (nSPS) is 32.9. The summed E-state index contributed by atoms with van der Waals surface area (Å²) in [4.78, 5) is 11.4. The molecular weight excluding hydrogens is 136 g/mol. The average molecular weight is 154 g/mol. The Hall–Kier alpha value is -0.330. The second-order valence-corrected chi connectivity index (χ2v) is 4.20. The zero-order valence-electron chi connectivity index (χ0n) is 7.76. The molecule has 1 saturated carbocycles. The Morgan fingerprint density at radius 3 is 2.45 bits per heavy atom. The van der Waals surface area contributed by atoms with Gasteiger partial charge in [0, 0.05) is 12.3 Å². The highest BCUT2D eigenvalue weighted by Crippen LogP contribution is 2.29. The number of rotatable bonds is 1. The van der Waals surface area contributed by atoms with Crippen LogP contribution in [0.4, 0.5) is 0 Å². The SMILES string of the molecule is CC1CC[C@@H](C(C)C)C(=O)C1. The summed E-state index contributed by atoms with van der Waals surface area (Å²) in [6.07, 6.45) is 3.19. The predicted molar refractivity (Wildman–Crippen MR) is 46.4 cm³/mol. The van der Waals surface area contributed by atoms with Gasteiger partial charge in [0.2, 0.25) is 0 Å². The number of carbonyl (C=O) groups excluding carboxylic acids is 1. The summed E-state index contributed by atoms with van der Waals surface area (Å²) in [7, 11) is 0. The first kappa shape index (κ1) is 8.76. The molecule has 0 heterocycles. The van der Waals surface area contributed by atoms with Crippen molar-refractivity contribution >= 4 is 5.78 Å².